The molecule has 0 amide bonds. The molecule has 1 aliphatic carbocycles. The summed E-state index contributed by atoms with van der Waals surface area (Å²) < 4.78 is 0. The molecule has 1 nitrogen and oxygen atoms in total. The first-order chi connectivity index (χ1) is 21.6. The van der Waals surface area contributed by atoms with E-state index in [4.69, 9.17) is 0 Å². The molecule has 7 aromatic carbocycles. The topological polar surface area (TPSA) is 15.8 Å². The maximum atomic E-state index is 3.76. The SMILES string of the molecule is CC1(C)c2ccccc2-c2ccc(-c3cccc(-c4cccc(-c5cccc6c5[nH]c5ccc7ccccc7c56)c4)c3)cc21. The zero-order valence-corrected chi connectivity index (χ0v) is 24.9. The number of nitrogens with one attached hydrogen (secondary N) is 1. The molecule has 0 aliphatic heterocycles. The molecule has 0 saturated heterocycles. The molecule has 208 valence electrons. The summed E-state index contributed by atoms with van der Waals surface area (Å²) in [6.45, 7) is 4.69. The van der Waals surface area contributed by atoms with E-state index >= 15 is 0 Å². The second kappa shape index (κ2) is 9.30. The maximum Gasteiger partial charge on any atom is 0.0544 e. The smallest absolute Gasteiger partial charge is 0.0544 e. The maximum absolute atomic E-state index is 3.76. The summed E-state index contributed by atoms with van der Waals surface area (Å²) >= 11 is 0. The van der Waals surface area contributed by atoms with Crippen LogP contribution in [-0.2, 0) is 5.41 Å². The summed E-state index contributed by atoms with van der Waals surface area (Å²) in [5.41, 5.74) is 15.3. The lowest BCUT2D eigenvalue weighted by Crippen LogP contribution is -2.14. The molecule has 0 bridgehead atoms. The number of H-pyrrole nitrogens is 1. The Kier molecular flexibility index (Phi) is 5.31. The second-order valence-corrected chi connectivity index (χ2v) is 12.7. The van der Waals surface area contributed by atoms with E-state index in [1.807, 2.05) is 0 Å². The lowest BCUT2D eigenvalue weighted by Gasteiger charge is -2.22. The molecule has 9 rings (SSSR count). The Bertz CT molecular complexity index is 2420. The van der Waals surface area contributed by atoms with Crippen LogP contribution in [0.4, 0.5) is 0 Å². The predicted octanol–water partition coefficient (Wildman–Crippen LogP) is 11.8. The number of hydrogen-bond donors (Lipinski definition) is 1. The lowest BCUT2D eigenvalue weighted by molar-refractivity contribution is 0.660. The van der Waals surface area contributed by atoms with Gasteiger partial charge in [-0.2, -0.15) is 0 Å². The highest BCUT2D eigenvalue weighted by atomic mass is 14.7. The van der Waals surface area contributed by atoms with Crippen molar-refractivity contribution in [2.24, 2.45) is 0 Å². The first kappa shape index (κ1) is 25.1. The van der Waals surface area contributed by atoms with E-state index in [2.05, 4.69) is 164 Å². The summed E-state index contributed by atoms with van der Waals surface area (Å²) in [4.78, 5) is 3.76. The van der Waals surface area contributed by atoms with Crippen molar-refractivity contribution >= 4 is 32.6 Å². The van der Waals surface area contributed by atoms with Gasteiger partial charge in [-0.3, -0.25) is 0 Å². The van der Waals surface area contributed by atoms with E-state index in [1.165, 1.54) is 88.2 Å². The standard InChI is InChI=1S/C43H31N/c1-43(2)38-19-6-5-16-35(38)36-22-20-31(26-39(36)43)29-12-7-11-28(24-29)30-13-8-14-32(25-30)34-17-9-18-37-41-33-15-4-3-10-27(33)21-23-40(41)44-42(34)37/h3-26,44H,1-2H3. The first-order valence-corrected chi connectivity index (χ1v) is 15.4. The van der Waals surface area contributed by atoms with Gasteiger partial charge in [0.05, 0.1) is 5.52 Å². The van der Waals surface area contributed by atoms with Gasteiger partial charge in [0.1, 0.15) is 0 Å². The van der Waals surface area contributed by atoms with E-state index in [1.54, 1.807) is 0 Å². The number of aromatic nitrogens is 1. The third-order valence-corrected chi connectivity index (χ3v) is 9.81. The Morgan fingerprint density at radius 1 is 0.432 bits per heavy atom. The van der Waals surface area contributed by atoms with Gasteiger partial charge >= 0.3 is 0 Å². The molecule has 0 unspecified atom stereocenters. The minimum Gasteiger partial charge on any atom is -0.354 e. The number of para-hydroxylation sites is 1. The van der Waals surface area contributed by atoms with E-state index < -0.39 is 0 Å². The van der Waals surface area contributed by atoms with Gasteiger partial charge in [0.15, 0.2) is 0 Å². The summed E-state index contributed by atoms with van der Waals surface area (Å²) in [5.74, 6) is 0. The zero-order chi connectivity index (χ0) is 29.4. The van der Waals surface area contributed by atoms with Crippen molar-refractivity contribution in [1.29, 1.82) is 0 Å². The molecule has 1 heterocycles. The minimum atomic E-state index is -0.0101. The second-order valence-electron chi connectivity index (χ2n) is 12.7. The number of aromatic amines is 1. The van der Waals surface area contributed by atoms with Crippen molar-refractivity contribution in [2.45, 2.75) is 19.3 Å². The van der Waals surface area contributed by atoms with Gasteiger partial charge in [0.2, 0.25) is 0 Å². The largest absolute Gasteiger partial charge is 0.354 e. The molecule has 0 fully saturated rings. The van der Waals surface area contributed by atoms with Crippen LogP contribution in [0.3, 0.4) is 0 Å². The Labute approximate surface area is 257 Å². The molecular formula is C43H31N. The van der Waals surface area contributed by atoms with Gasteiger partial charge in [-0.1, -0.05) is 135 Å². The minimum absolute atomic E-state index is 0.0101. The molecule has 8 aromatic rings. The van der Waals surface area contributed by atoms with Crippen LogP contribution in [0.15, 0.2) is 146 Å². The Balaban J connectivity index is 1.13. The van der Waals surface area contributed by atoms with Crippen LogP contribution in [0.25, 0.3) is 77.1 Å². The highest BCUT2D eigenvalue weighted by Gasteiger charge is 2.35. The lowest BCUT2D eigenvalue weighted by atomic mass is 9.81. The summed E-state index contributed by atoms with van der Waals surface area (Å²) in [6.07, 6.45) is 0. The van der Waals surface area contributed by atoms with Gasteiger partial charge in [0.25, 0.3) is 0 Å². The molecule has 0 spiro atoms. The normalized spacial score (nSPS) is 13.4. The molecule has 1 aromatic heterocycles. The van der Waals surface area contributed by atoms with E-state index in [0.29, 0.717) is 0 Å². The number of rotatable bonds is 3. The third kappa shape index (κ3) is 3.66. The van der Waals surface area contributed by atoms with Crippen molar-refractivity contribution in [2.75, 3.05) is 0 Å². The highest BCUT2D eigenvalue weighted by molar-refractivity contribution is 6.22. The molecule has 1 heteroatoms. The monoisotopic (exact) mass is 561 g/mol. The van der Waals surface area contributed by atoms with E-state index in [0.717, 1.165) is 0 Å². The number of benzene rings is 7. The third-order valence-electron chi connectivity index (χ3n) is 9.81. The van der Waals surface area contributed by atoms with Crippen LogP contribution in [0.2, 0.25) is 0 Å². The molecule has 0 radical (unpaired) electrons. The molecular weight excluding hydrogens is 530 g/mol. The fourth-order valence-corrected chi connectivity index (χ4v) is 7.56. The van der Waals surface area contributed by atoms with Crippen LogP contribution in [0.5, 0.6) is 0 Å². The molecule has 44 heavy (non-hydrogen) atoms. The summed E-state index contributed by atoms with van der Waals surface area (Å²) in [7, 11) is 0. The molecule has 1 N–H and O–H groups in total. The average molecular weight is 562 g/mol. The van der Waals surface area contributed by atoms with Gasteiger partial charge in [-0.05, 0) is 85.1 Å². The van der Waals surface area contributed by atoms with Crippen LogP contribution in [0, 0.1) is 0 Å². The number of fused-ring (bicyclic) bond motifs is 8. The Hall–Kier alpha value is -5.40. The van der Waals surface area contributed by atoms with E-state index in [-0.39, 0.29) is 5.41 Å². The summed E-state index contributed by atoms with van der Waals surface area (Å²) in [5, 5.41) is 5.12. The van der Waals surface area contributed by atoms with Crippen molar-refractivity contribution in [3.63, 3.8) is 0 Å². The van der Waals surface area contributed by atoms with Crippen molar-refractivity contribution in [3.05, 3.63) is 157 Å². The van der Waals surface area contributed by atoms with Gasteiger partial charge in [-0.25, -0.2) is 0 Å². The fourth-order valence-electron chi connectivity index (χ4n) is 7.56. The first-order valence-electron chi connectivity index (χ1n) is 15.4. The van der Waals surface area contributed by atoms with Gasteiger partial charge < -0.3 is 4.98 Å². The van der Waals surface area contributed by atoms with Crippen molar-refractivity contribution in [1.82, 2.24) is 4.98 Å². The van der Waals surface area contributed by atoms with Crippen LogP contribution >= 0.6 is 0 Å². The van der Waals surface area contributed by atoms with Crippen LogP contribution in [0.1, 0.15) is 25.0 Å². The predicted molar refractivity (Wildman–Crippen MR) is 187 cm³/mol. The molecule has 1 aliphatic rings. The Morgan fingerprint density at radius 3 is 1.89 bits per heavy atom. The fraction of sp³-hybridized carbons (Fsp3) is 0.0698. The quantitative estimate of drug-likeness (QED) is 0.221. The highest BCUT2D eigenvalue weighted by Crippen LogP contribution is 2.49. The van der Waals surface area contributed by atoms with Crippen LogP contribution < -0.4 is 0 Å². The van der Waals surface area contributed by atoms with Crippen molar-refractivity contribution < 1.29 is 0 Å². The summed E-state index contributed by atoms with van der Waals surface area (Å²) in [6, 6.07) is 53.6. The van der Waals surface area contributed by atoms with Crippen molar-refractivity contribution in [3.8, 4) is 44.5 Å². The Morgan fingerprint density at radius 2 is 1.05 bits per heavy atom. The van der Waals surface area contributed by atoms with Gasteiger partial charge in [0, 0.05) is 27.3 Å². The number of hydrogen-bond acceptors (Lipinski definition) is 0. The van der Waals surface area contributed by atoms with Gasteiger partial charge in [-0.15, -0.1) is 0 Å². The average Bonchev–Trinajstić information content (AvgIpc) is 3.57. The van der Waals surface area contributed by atoms with Crippen LogP contribution in [-0.4, -0.2) is 4.98 Å². The zero-order valence-electron chi connectivity index (χ0n) is 24.9. The molecule has 0 saturated carbocycles. The molecule has 0 atom stereocenters. The van der Waals surface area contributed by atoms with E-state index in [9.17, 15) is 0 Å².